The number of carbonyl (C=O) groups is 3. The molecule has 28 heavy (non-hydrogen) atoms. The van der Waals surface area contributed by atoms with E-state index in [1.165, 1.54) is 7.11 Å². The summed E-state index contributed by atoms with van der Waals surface area (Å²) < 4.78 is 10.3. The highest BCUT2D eigenvalue weighted by molar-refractivity contribution is 5.91. The van der Waals surface area contributed by atoms with Gasteiger partial charge in [-0.15, -0.1) is 0 Å². The van der Waals surface area contributed by atoms with Crippen LogP contribution in [-0.2, 0) is 19.1 Å². The highest BCUT2D eigenvalue weighted by Crippen LogP contribution is 2.57. The smallest absolute Gasteiger partial charge is 0.408 e. The van der Waals surface area contributed by atoms with E-state index in [1.807, 2.05) is 20.8 Å². The molecule has 4 unspecified atom stereocenters. The maximum Gasteiger partial charge on any atom is 0.408 e. The van der Waals surface area contributed by atoms with Crippen molar-refractivity contribution >= 4 is 18.0 Å². The number of methoxy groups -OCH3 is 1. The molecule has 2 rings (SSSR count). The molecular formula is C21H36N2O5. The number of rotatable bonds is 3. The van der Waals surface area contributed by atoms with Gasteiger partial charge in [0.2, 0.25) is 5.91 Å². The van der Waals surface area contributed by atoms with E-state index in [-0.39, 0.29) is 29.1 Å². The van der Waals surface area contributed by atoms with E-state index >= 15 is 0 Å². The summed E-state index contributed by atoms with van der Waals surface area (Å²) >= 11 is 0. The number of ether oxygens (including phenoxy) is 2. The second-order valence-corrected chi connectivity index (χ2v) is 10.9. The first kappa shape index (κ1) is 22.5. The Hall–Kier alpha value is -1.79. The minimum Gasteiger partial charge on any atom is -0.467 e. The predicted molar refractivity (Wildman–Crippen MR) is 106 cm³/mol. The van der Waals surface area contributed by atoms with E-state index in [0.717, 1.165) is 6.42 Å². The monoisotopic (exact) mass is 396 g/mol. The summed E-state index contributed by atoms with van der Waals surface area (Å²) in [7, 11) is 1.35. The average Bonchev–Trinajstić information content (AvgIpc) is 2.83. The van der Waals surface area contributed by atoms with Crippen LogP contribution in [0.25, 0.3) is 0 Å². The number of nitrogens with one attached hydrogen (secondary N) is 1. The zero-order valence-electron chi connectivity index (χ0n) is 18.7. The number of esters is 1. The highest BCUT2D eigenvalue weighted by Gasteiger charge is 2.61. The fourth-order valence-corrected chi connectivity index (χ4v) is 4.48. The average molecular weight is 397 g/mol. The molecule has 1 saturated carbocycles. The quantitative estimate of drug-likeness (QED) is 0.742. The molecule has 160 valence electrons. The van der Waals surface area contributed by atoms with Gasteiger partial charge in [0, 0.05) is 6.54 Å². The van der Waals surface area contributed by atoms with Crippen LogP contribution in [0.2, 0.25) is 0 Å². The largest absolute Gasteiger partial charge is 0.467 e. The third-order valence-corrected chi connectivity index (χ3v) is 5.92. The van der Waals surface area contributed by atoms with Crippen LogP contribution in [0.3, 0.4) is 0 Å². The molecule has 0 aromatic carbocycles. The maximum atomic E-state index is 13.5. The van der Waals surface area contributed by atoms with Gasteiger partial charge in [0.05, 0.1) is 7.11 Å². The summed E-state index contributed by atoms with van der Waals surface area (Å²) in [5, 5.41) is 2.73. The molecular weight excluding hydrogens is 360 g/mol. The van der Waals surface area contributed by atoms with Gasteiger partial charge in [0.1, 0.15) is 17.7 Å². The van der Waals surface area contributed by atoms with E-state index in [1.54, 1.807) is 25.7 Å². The molecule has 1 aliphatic heterocycles. The van der Waals surface area contributed by atoms with Gasteiger partial charge in [0.15, 0.2) is 0 Å². The Balaban J connectivity index is 2.27. The summed E-state index contributed by atoms with van der Waals surface area (Å²) in [6.45, 7) is 15.8. The Kier molecular flexibility index (Phi) is 5.81. The Morgan fingerprint density at radius 2 is 1.68 bits per heavy atom. The first-order valence-corrected chi connectivity index (χ1v) is 9.96. The van der Waals surface area contributed by atoms with Crippen LogP contribution in [0, 0.1) is 22.7 Å². The fourth-order valence-electron chi connectivity index (χ4n) is 4.48. The van der Waals surface area contributed by atoms with Crippen molar-refractivity contribution in [3.63, 3.8) is 0 Å². The summed E-state index contributed by atoms with van der Waals surface area (Å²) in [5.41, 5.74) is -1.13. The minimum atomic E-state index is -0.810. The Bertz CT molecular complexity index is 644. The standard InChI is InChI=1S/C21H36N2O5/c1-19(2,3)15(22-18(26)28-20(4,5)6)16(24)23-11-13-12(10-21(13,7)8)14(23)17(25)27-9/h12-15H,10-11H2,1-9H3,(H,22,26). The van der Waals surface area contributed by atoms with Gasteiger partial charge < -0.3 is 19.7 Å². The number of hydrogen-bond donors (Lipinski definition) is 1. The van der Waals surface area contributed by atoms with Crippen LogP contribution in [0.5, 0.6) is 0 Å². The van der Waals surface area contributed by atoms with Crippen LogP contribution in [0.1, 0.15) is 61.8 Å². The highest BCUT2D eigenvalue weighted by atomic mass is 16.6. The molecule has 0 aromatic rings. The van der Waals surface area contributed by atoms with E-state index < -0.39 is 29.2 Å². The van der Waals surface area contributed by atoms with Crippen molar-refractivity contribution in [2.45, 2.75) is 79.5 Å². The number of fused-ring (bicyclic) bond motifs is 1. The fraction of sp³-hybridized carbons (Fsp3) is 0.857. The van der Waals surface area contributed by atoms with Crippen molar-refractivity contribution in [1.29, 1.82) is 0 Å². The molecule has 1 heterocycles. The lowest BCUT2D eigenvalue weighted by Crippen LogP contribution is -2.58. The first-order valence-electron chi connectivity index (χ1n) is 9.96. The van der Waals surface area contributed by atoms with Crippen LogP contribution in [0.15, 0.2) is 0 Å². The summed E-state index contributed by atoms with van der Waals surface area (Å²) in [4.78, 5) is 40.0. The van der Waals surface area contributed by atoms with Gasteiger partial charge in [-0.25, -0.2) is 9.59 Å². The minimum absolute atomic E-state index is 0.0851. The lowest BCUT2D eigenvalue weighted by Gasteiger charge is -2.48. The van der Waals surface area contributed by atoms with Crippen LogP contribution >= 0.6 is 0 Å². The van der Waals surface area contributed by atoms with Crippen molar-refractivity contribution in [3.05, 3.63) is 0 Å². The molecule has 7 heteroatoms. The molecule has 4 atom stereocenters. The molecule has 7 nitrogen and oxygen atoms in total. The topological polar surface area (TPSA) is 84.9 Å². The third kappa shape index (κ3) is 4.44. The predicted octanol–water partition coefficient (Wildman–Crippen LogP) is 2.97. The first-order chi connectivity index (χ1) is 12.6. The van der Waals surface area contributed by atoms with Gasteiger partial charge in [-0.1, -0.05) is 34.6 Å². The van der Waals surface area contributed by atoms with Crippen molar-refractivity contribution in [3.8, 4) is 0 Å². The molecule has 1 aliphatic carbocycles. The number of nitrogens with zero attached hydrogens (tertiary/aromatic N) is 1. The normalized spacial score (nSPS) is 27.3. The molecule has 0 spiro atoms. The van der Waals surface area contributed by atoms with Crippen molar-refractivity contribution in [1.82, 2.24) is 10.2 Å². The maximum absolute atomic E-state index is 13.5. The molecule has 0 radical (unpaired) electrons. The van der Waals surface area contributed by atoms with E-state index in [9.17, 15) is 14.4 Å². The second kappa shape index (κ2) is 7.23. The van der Waals surface area contributed by atoms with Gasteiger partial charge in [-0.2, -0.15) is 0 Å². The summed E-state index contributed by atoms with van der Waals surface area (Å²) in [6, 6.07) is -1.41. The zero-order chi connectivity index (χ0) is 21.7. The van der Waals surface area contributed by atoms with Crippen molar-refractivity contribution in [2.75, 3.05) is 13.7 Å². The van der Waals surface area contributed by atoms with Gasteiger partial charge >= 0.3 is 12.1 Å². The van der Waals surface area contributed by atoms with E-state index in [0.29, 0.717) is 6.54 Å². The van der Waals surface area contributed by atoms with Crippen LogP contribution in [0.4, 0.5) is 4.79 Å². The lowest BCUT2D eigenvalue weighted by molar-refractivity contribution is -0.155. The Morgan fingerprint density at radius 1 is 1.11 bits per heavy atom. The van der Waals surface area contributed by atoms with E-state index in [2.05, 4.69) is 19.2 Å². The number of carbonyl (C=O) groups excluding carboxylic acids is 3. The van der Waals surface area contributed by atoms with Crippen molar-refractivity contribution in [2.24, 2.45) is 22.7 Å². The number of amides is 2. The lowest BCUT2D eigenvalue weighted by atomic mass is 9.55. The number of hydrogen-bond acceptors (Lipinski definition) is 5. The molecule has 2 fully saturated rings. The zero-order valence-corrected chi connectivity index (χ0v) is 18.7. The summed E-state index contributed by atoms with van der Waals surface area (Å²) in [6.07, 6.45) is 0.235. The van der Waals surface area contributed by atoms with Gasteiger partial charge in [-0.05, 0) is 49.9 Å². The van der Waals surface area contributed by atoms with Crippen molar-refractivity contribution < 1.29 is 23.9 Å². The molecule has 1 saturated heterocycles. The third-order valence-electron chi connectivity index (χ3n) is 5.92. The molecule has 2 amide bonds. The molecule has 2 aliphatic rings. The number of alkyl carbamates (subject to hydrolysis) is 1. The summed E-state index contributed by atoms with van der Waals surface area (Å²) in [5.74, 6) is -0.295. The molecule has 0 aromatic heterocycles. The SMILES string of the molecule is COC(=O)C1C2CC(C)(C)C2CN1C(=O)C(NC(=O)OC(C)(C)C)C(C)(C)C. The Labute approximate surface area is 168 Å². The van der Waals surface area contributed by atoms with Gasteiger partial charge in [0.25, 0.3) is 0 Å². The van der Waals surface area contributed by atoms with E-state index in [4.69, 9.17) is 9.47 Å². The second-order valence-electron chi connectivity index (χ2n) is 10.9. The van der Waals surface area contributed by atoms with Crippen LogP contribution in [-0.4, -0.2) is 54.2 Å². The molecule has 0 bridgehead atoms. The van der Waals surface area contributed by atoms with Crippen LogP contribution < -0.4 is 5.32 Å². The molecule has 1 N–H and O–H groups in total. The Morgan fingerprint density at radius 3 is 2.11 bits per heavy atom. The van der Waals surface area contributed by atoms with Gasteiger partial charge in [-0.3, -0.25) is 4.79 Å². The number of likely N-dealkylation sites (tertiary alicyclic amines) is 1.